The summed E-state index contributed by atoms with van der Waals surface area (Å²) in [5, 5.41) is 20.4. The predicted molar refractivity (Wildman–Crippen MR) is 81.2 cm³/mol. The van der Waals surface area contributed by atoms with Crippen molar-refractivity contribution in [3.05, 3.63) is 33.9 Å². The van der Waals surface area contributed by atoms with E-state index in [-0.39, 0.29) is 17.2 Å². The summed E-state index contributed by atoms with van der Waals surface area (Å²) in [6.45, 7) is 0.720. The average Bonchev–Trinajstić information content (AvgIpc) is 3.09. The van der Waals surface area contributed by atoms with Crippen LogP contribution < -0.4 is 4.90 Å². The minimum atomic E-state index is -0.355. The van der Waals surface area contributed by atoms with Gasteiger partial charge in [-0.15, -0.1) is 0 Å². The molecule has 3 atom stereocenters. The lowest BCUT2D eigenvalue weighted by molar-refractivity contribution is -0.384. The van der Waals surface area contributed by atoms with Gasteiger partial charge in [0.2, 0.25) is 0 Å². The smallest absolute Gasteiger partial charge is 0.292 e. The summed E-state index contributed by atoms with van der Waals surface area (Å²) in [6, 6.07) is 5.00. The number of hydrogen-bond acceptors (Lipinski definition) is 4. The van der Waals surface area contributed by atoms with Gasteiger partial charge in [-0.3, -0.25) is 10.1 Å². The zero-order valence-electron chi connectivity index (χ0n) is 12.4. The van der Waals surface area contributed by atoms with Crippen molar-refractivity contribution in [2.75, 3.05) is 18.5 Å². The molecule has 0 amide bonds. The zero-order valence-corrected chi connectivity index (χ0v) is 12.4. The second-order valence-electron chi connectivity index (χ2n) is 6.55. The van der Waals surface area contributed by atoms with Gasteiger partial charge in [0.25, 0.3) is 5.69 Å². The highest BCUT2D eigenvalue weighted by Crippen LogP contribution is 2.48. The van der Waals surface area contributed by atoms with Crippen LogP contribution in [0.5, 0.6) is 0 Å². The standard InChI is InChI=1S/C16H22N2O3/c1-17(9-14-7-11-2-4-13(14)6-11)15-5-3-12(10-19)8-16(15)18(20)21/h3,5,8,11,13-14,19H,2,4,6-7,9-10H2,1H3. The van der Waals surface area contributed by atoms with Gasteiger partial charge in [-0.25, -0.2) is 0 Å². The summed E-state index contributed by atoms with van der Waals surface area (Å²) in [7, 11) is 1.94. The number of nitro groups is 1. The number of hydrogen-bond donors (Lipinski definition) is 1. The van der Waals surface area contributed by atoms with Gasteiger partial charge in [0, 0.05) is 19.7 Å². The zero-order chi connectivity index (χ0) is 15.0. The van der Waals surface area contributed by atoms with Crippen molar-refractivity contribution in [3.8, 4) is 0 Å². The van der Waals surface area contributed by atoms with Crippen LogP contribution in [0, 0.1) is 27.9 Å². The normalized spacial score (nSPS) is 27.0. The third kappa shape index (κ3) is 2.75. The van der Waals surface area contributed by atoms with Crippen LogP contribution in [-0.2, 0) is 6.61 Å². The van der Waals surface area contributed by atoms with Gasteiger partial charge < -0.3 is 10.0 Å². The lowest BCUT2D eigenvalue weighted by atomic mass is 9.88. The van der Waals surface area contributed by atoms with E-state index in [1.54, 1.807) is 12.1 Å². The van der Waals surface area contributed by atoms with E-state index in [9.17, 15) is 10.1 Å². The molecular weight excluding hydrogens is 268 g/mol. The van der Waals surface area contributed by atoms with Gasteiger partial charge in [-0.05, 0) is 48.6 Å². The van der Waals surface area contributed by atoms with E-state index in [0.717, 1.165) is 18.4 Å². The molecule has 5 nitrogen and oxygen atoms in total. The molecule has 1 aromatic carbocycles. The topological polar surface area (TPSA) is 66.6 Å². The molecule has 114 valence electrons. The quantitative estimate of drug-likeness (QED) is 0.669. The highest BCUT2D eigenvalue weighted by molar-refractivity contribution is 5.64. The number of aliphatic hydroxyl groups excluding tert-OH is 1. The summed E-state index contributed by atoms with van der Waals surface area (Å²) in [5.41, 5.74) is 1.32. The van der Waals surface area contributed by atoms with Crippen LogP contribution in [0.4, 0.5) is 11.4 Å². The molecule has 2 aliphatic rings. The van der Waals surface area contributed by atoms with E-state index in [2.05, 4.69) is 0 Å². The van der Waals surface area contributed by atoms with Crippen LogP contribution in [0.1, 0.15) is 31.2 Å². The van der Waals surface area contributed by atoms with Crippen LogP contribution in [0.25, 0.3) is 0 Å². The van der Waals surface area contributed by atoms with Gasteiger partial charge in [0.15, 0.2) is 0 Å². The van der Waals surface area contributed by atoms with Gasteiger partial charge >= 0.3 is 0 Å². The maximum Gasteiger partial charge on any atom is 0.292 e. The van der Waals surface area contributed by atoms with Crippen LogP contribution in [-0.4, -0.2) is 23.6 Å². The SMILES string of the molecule is CN(CC1CC2CCC1C2)c1ccc(CO)cc1[N+](=O)[O-]. The number of aliphatic hydroxyl groups is 1. The highest BCUT2D eigenvalue weighted by Gasteiger charge is 2.40. The van der Waals surface area contributed by atoms with Gasteiger partial charge in [-0.2, -0.15) is 0 Å². The molecule has 0 saturated heterocycles. The molecule has 21 heavy (non-hydrogen) atoms. The van der Waals surface area contributed by atoms with Crippen molar-refractivity contribution in [3.63, 3.8) is 0 Å². The fourth-order valence-electron chi connectivity index (χ4n) is 4.19. The number of benzene rings is 1. The monoisotopic (exact) mass is 290 g/mol. The Balaban J connectivity index is 1.77. The molecule has 0 radical (unpaired) electrons. The Morgan fingerprint density at radius 3 is 2.76 bits per heavy atom. The number of anilines is 1. The fourth-order valence-corrected chi connectivity index (χ4v) is 4.19. The second-order valence-corrected chi connectivity index (χ2v) is 6.55. The Morgan fingerprint density at radius 2 is 2.19 bits per heavy atom. The summed E-state index contributed by atoms with van der Waals surface area (Å²) >= 11 is 0. The molecule has 5 heteroatoms. The van der Waals surface area contributed by atoms with Crippen molar-refractivity contribution in [1.82, 2.24) is 0 Å². The molecule has 2 fully saturated rings. The molecular formula is C16H22N2O3. The molecule has 0 heterocycles. The Morgan fingerprint density at radius 1 is 1.38 bits per heavy atom. The fraction of sp³-hybridized carbons (Fsp3) is 0.625. The van der Waals surface area contributed by atoms with E-state index in [1.807, 2.05) is 11.9 Å². The van der Waals surface area contributed by atoms with Crippen molar-refractivity contribution in [1.29, 1.82) is 0 Å². The van der Waals surface area contributed by atoms with Crippen molar-refractivity contribution in [2.45, 2.75) is 32.3 Å². The lowest BCUT2D eigenvalue weighted by Crippen LogP contribution is -2.29. The molecule has 0 aromatic heterocycles. The number of fused-ring (bicyclic) bond motifs is 2. The minimum Gasteiger partial charge on any atom is -0.392 e. The van der Waals surface area contributed by atoms with E-state index < -0.39 is 0 Å². The number of nitrogens with zero attached hydrogens (tertiary/aromatic N) is 2. The van der Waals surface area contributed by atoms with Crippen LogP contribution in [0.2, 0.25) is 0 Å². The first-order valence-corrected chi connectivity index (χ1v) is 7.67. The first-order valence-electron chi connectivity index (χ1n) is 7.67. The molecule has 3 rings (SSSR count). The molecule has 2 bridgehead atoms. The van der Waals surface area contributed by atoms with E-state index >= 15 is 0 Å². The molecule has 2 aliphatic carbocycles. The van der Waals surface area contributed by atoms with E-state index in [0.29, 0.717) is 17.2 Å². The first-order chi connectivity index (χ1) is 10.1. The summed E-state index contributed by atoms with van der Waals surface area (Å²) < 4.78 is 0. The maximum absolute atomic E-state index is 11.3. The van der Waals surface area contributed by atoms with Crippen molar-refractivity contribution < 1.29 is 10.0 Å². The molecule has 3 unspecified atom stereocenters. The van der Waals surface area contributed by atoms with Gasteiger partial charge in [0.1, 0.15) is 5.69 Å². The maximum atomic E-state index is 11.3. The van der Waals surface area contributed by atoms with Gasteiger partial charge in [-0.1, -0.05) is 12.5 Å². The van der Waals surface area contributed by atoms with E-state index in [4.69, 9.17) is 5.11 Å². The molecule has 1 aromatic rings. The number of nitro benzene ring substituents is 1. The largest absolute Gasteiger partial charge is 0.392 e. The van der Waals surface area contributed by atoms with Crippen molar-refractivity contribution >= 4 is 11.4 Å². The Bertz CT molecular complexity index is 546. The van der Waals surface area contributed by atoms with Crippen LogP contribution in [0.15, 0.2) is 18.2 Å². The molecule has 2 saturated carbocycles. The Hall–Kier alpha value is -1.62. The van der Waals surface area contributed by atoms with Crippen LogP contribution in [0.3, 0.4) is 0 Å². The molecule has 1 N–H and O–H groups in total. The second kappa shape index (κ2) is 5.64. The third-order valence-electron chi connectivity index (χ3n) is 5.22. The summed E-state index contributed by atoms with van der Waals surface area (Å²) in [5.74, 6) is 2.37. The third-order valence-corrected chi connectivity index (χ3v) is 5.22. The molecule has 0 aliphatic heterocycles. The summed E-state index contributed by atoms with van der Waals surface area (Å²) in [6.07, 6.45) is 5.33. The Kier molecular flexibility index (Phi) is 3.85. The van der Waals surface area contributed by atoms with Crippen molar-refractivity contribution in [2.24, 2.45) is 17.8 Å². The van der Waals surface area contributed by atoms with Crippen LogP contribution >= 0.6 is 0 Å². The predicted octanol–water partition coefficient (Wildman–Crippen LogP) is 2.96. The lowest BCUT2D eigenvalue weighted by Gasteiger charge is -2.28. The van der Waals surface area contributed by atoms with E-state index in [1.165, 1.54) is 31.7 Å². The first kappa shape index (κ1) is 14.3. The number of rotatable bonds is 5. The molecule has 0 spiro atoms. The average molecular weight is 290 g/mol. The van der Waals surface area contributed by atoms with Gasteiger partial charge in [0.05, 0.1) is 11.5 Å². The highest BCUT2D eigenvalue weighted by atomic mass is 16.6. The minimum absolute atomic E-state index is 0.0900. The Labute approximate surface area is 124 Å². The summed E-state index contributed by atoms with van der Waals surface area (Å²) in [4.78, 5) is 12.9.